The van der Waals surface area contributed by atoms with Gasteiger partial charge in [-0.15, -0.1) is 6.58 Å². The molecule has 1 aromatic rings. The molecule has 1 atom stereocenters. The van der Waals surface area contributed by atoms with Crippen LogP contribution in [0, 0.1) is 5.82 Å². The van der Waals surface area contributed by atoms with Crippen LogP contribution in [0.15, 0.2) is 30.9 Å². The lowest BCUT2D eigenvalue weighted by atomic mass is 10.2. The second kappa shape index (κ2) is 6.54. The fourth-order valence-corrected chi connectivity index (χ4v) is 1.29. The lowest BCUT2D eigenvalue weighted by Crippen LogP contribution is -2.36. The van der Waals surface area contributed by atoms with Crippen molar-refractivity contribution in [3.63, 3.8) is 0 Å². The van der Waals surface area contributed by atoms with Crippen molar-refractivity contribution in [1.82, 2.24) is 5.32 Å². The van der Waals surface area contributed by atoms with Crippen LogP contribution in [0.1, 0.15) is 17.3 Å². The van der Waals surface area contributed by atoms with Gasteiger partial charge in [0.1, 0.15) is 17.9 Å². The minimum absolute atomic E-state index is 0.137. The van der Waals surface area contributed by atoms with Crippen LogP contribution in [-0.2, 0) is 4.79 Å². The Hall–Kier alpha value is -2.17. The van der Waals surface area contributed by atoms with E-state index in [9.17, 15) is 14.0 Å². The van der Waals surface area contributed by atoms with E-state index in [1.165, 1.54) is 19.1 Å². The SMILES string of the molecule is C=CCNC(=O)C(C)Oc1cc(F)cc(C=O)c1. The zero-order valence-corrected chi connectivity index (χ0v) is 9.98. The van der Waals surface area contributed by atoms with Crippen molar-refractivity contribution in [3.8, 4) is 5.75 Å². The summed E-state index contributed by atoms with van der Waals surface area (Å²) in [5, 5.41) is 2.55. The van der Waals surface area contributed by atoms with Gasteiger partial charge in [0.25, 0.3) is 5.91 Å². The summed E-state index contributed by atoms with van der Waals surface area (Å²) in [6.45, 7) is 5.33. The third-order valence-corrected chi connectivity index (χ3v) is 2.13. The molecule has 0 aliphatic rings. The first-order chi connectivity index (χ1) is 8.56. The zero-order chi connectivity index (χ0) is 13.5. The minimum atomic E-state index is -0.786. The van der Waals surface area contributed by atoms with Gasteiger partial charge in [0.2, 0.25) is 0 Å². The van der Waals surface area contributed by atoms with E-state index in [-0.39, 0.29) is 17.2 Å². The molecule has 0 aromatic heterocycles. The quantitative estimate of drug-likeness (QED) is 0.618. The highest BCUT2D eigenvalue weighted by molar-refractivity contribution is 5.81. The van der Waals surface area contributed by atoms with Gasteiger partial charge < -0.3 is 10.1 Å². The first-order valence-corrected chi connectivity index (χ1v) is 5.38. The summed E-state index contributed by atoms with van der Waals surface area (Å²) in [7, 11) is 0. The largest absolute Gasteiger partial charge is 0.481 e. The third-order valence-electron chi connectivity index (χ3n) is 2.13. The van der Waals surface area contributed by atoms with E-state index >= 15 is 0 Å². The molecule has 4 nitrogen and oxygen atoms in total. The molecule has 0 fully saturated rings. The molecule has 0 bridgehead atoms. The van der Waals surface area contributed by atoms with Crippen molar-refractivity contribution in [2.24, 2.45) is 0 Å². The summed E-state index contributed by atoms with van der Waals surface area (Å²) in [5.74, 6) is -0.793. The first-order valence-electron chi connectivity index (χ1n) is 5.38. The van der Waals surface area contributed by atoms with Gasteiger partial charge in [0.15, 0.2) is 6.10 Å². The summed E-state index contributed by atoms with van der Waals surface area (Å²) in [6.07, 6.45) is 1.27. The van der Waals surface area contributed by atoms with Crippen molar-refractivity contribution >= 4 is 12.2 Å². The van der Waals surface area contributed by atoms with Gasteiger partial charge in [0, 0.05) is 18.2 Å². The van der Waals surface area contributed by atoms with Gasteiger partial charge in [-0.05, 0) is 19.1 Å². The molecule has 1 aromatic carbocycles. The molecular formula is C13H14FNO3. The maximum absolute atomic E-state index is 13.1. The molecule has 0 heterocycles. The summed E-state index contributed by atoms with van der Waals surface area (Å²) < 4.78 is 18.4. The minimum Gasteiger partial charge on any atom is -0.481 e. The van der Waals surface area contributed by atoms with Gasteiger partial charge in [0.05, 0.1) is 0 Å². The number of amides is 1. The second-order valence-corrected chi connectivity index (χ2v) is 3.63. The van der Waals surface area contributed by atoms with Crippen LogP contribution in [0.3, 0.4) is 0 Å². The van der Waals surface area contributed by atoms with Crippen LogP contribution in [-0.4, -0.2) is 24.8 Å². The summed E-state index contributed by atoms with van der Waals surface area (Å²) in [4.78, 5) is 22.1. The molecule has 0 aliphatic carbocycles. The normalized spacial score (nSPS) is 11.4. The Morgan fingerprint density at radius 2 is 2.28 bits per heavy atom. The van der Waals surface area contributed by atoms with Crippen molar-refractivity contribution in [1.29, 1.82) is 0 Å². The predicted octanol–water partition coefficient (Wildman–Crippen LogP) is 1.71. The molecule has 0 radical (unpaired) electrons. The second-order valence-electron chi connectivity index (χ2n) is 3.63. The number of carbonyl (C=O) groups is 2. The Morgan fingerprint density at radius 1 is 1.56 bits per heavy atom. The number of halogens is 1. The van der Waals surface area contributed by atoms with Crippen LogP contribution in [0.4, 0.5) is 4.39 Å². The molecule has 0 saturated heterocycles. The average Bonchev–Trinajstić information content (AvgIpc) is 2.34. The van der Waals surface area contributed by atoms with Crippen LogP contribution < -0.4 is 10.1 Å². The smallest absolute Gasteiger partial charge is 0.261 e. The number of aldehydes is 1. The van der Waals surface area contributed by atoms with E-state index in [1.807, 2.05) is 0 Å². The Kier molecular flexibility index (Phi) is 5.05. The zero-order valence-electron chi connectivity index (χ0n) is 9.98. The molecular weight excluding hydrogens is 237 g/mol. The summed E-state index contributed by atoms with van der Waals surface area (Å²) >= 11 is 0. The van der Waals surface area contributed by atoms with E-state index in [1.54, 1.807) is 0 Å². The van der Waals surface area contributed by atoms with Crippen molar-refractivity contribution < 1.29 is 18.7 Å². The standard InChI is InChI=1S/C13H14FNO3/c1-3-4-15-13(17)9(2)18-12-6-10(8-16)5-11(14)7-12/h3,5-9H,1,4H2,2H3,(H,15,17). The Bertz CT molecular complexity index is 460. The maximum atomic E-state index is 13.1. The molecule has 0 saturated carbocycles. The number of benzene rings is 1. The maximum Gasteiger partial charge on any atom is 0.261 e. The fourth-order valence-electron chi connectivity index (χ4n) is 1.29. The topological polar surface area (TPSA) is 55.4 Å². The third kappa shape index (κ3) is 4.01. The lowest BCUT2D eigenvalue weighted by Gasteiger charge is -2.14. The van der Waals surface area contributed by atoms with E-state index in [0.29, 0.717) is 12.8 Å². The highest BCUT2D eigenvalue weighted by Crippen LogP contribution is 2.16. The highest BCUT2D eigenvalue weighted by Gasteiger charge is 2.14. The molecule has 0 spiro atoms. The van der Waals surface area contributed by atoms with Crippen LogP contribution in [0.2, 0.25) is 0 Å². The van der Waals surface area contributed by atoms with Crippen LogP contribution in [0.25, 0.3) is 0 Å². The number of nitrogens with one attached hydrogen (secondary N) is 1. The number of hydrogen-bond donors (Lipinski definition) is 1. The van der Waals surface area contributed by atoms with Crippen molar-refractivity contribution in [2.45, 2.75) is 13.0 Å². The van der Waals surface area contributed by atoms with Crippen molar-refractivity contribution in [2.75, 3.05) is 6.54 Å². The summed E-state index contributed by atoms with van der Waals surface area (Å²) in [6, 6.07) is 3.57. The number of carbonyl (C=O) groups excluding carboxylic acids is 2. The van der Waals surface area contributed by atoms with Gasteiger partial charge in [-0.25, -0.2) is 4.39 Å². The lowest BCUT2D eigenvalue weighted by molar-refractivity contribution is -0.127. The molecule has 1 unspecified atom stereocenters. The Labute approximate surface area is 104 Å². The van der Waals surface area contributed by atoms with E-state index in [0.717, 1.165) is 12.1 Å². The van der Waals surface area contributed by atoms with Crippen LogP contribution >= 0.6 is 0 Å². The van der Waals surface area contributed by atoms with Gasteiger partial charge >= 0.3 is 0 Å². The van der Waals surface area contributed by atoms with Gasteiger partial charge in [-0.3, -0.25) is 9.59 Å². The predicted molar refractivity (Wildman–Crippen MR) is 65.1 cm³/mol. The fraction of sp³-hybridized carbons (Fsp3) is 0.231. The average molecular weight is 251 g/mol. The highest BCUT2D eigenvalue weighted by atomic mass is 19.1. The molecule has 18 heavy (non-hydrogen) atoms. The number of hydrogen-bond acceptors (Lipinski definition) is 3. The Morgan fingerprint density at radius 3 is 2.89 bits per heavy atom. The van der Waals surface area contributed by atoms with E-state index < -0.39 is 11.9 Å². The monoisotopic (exact) mass is 251 g/mol. The Balaban J connectivity index is 2.71. The van der Waals surface area contributed by atoms with Gasteiger partial charge in [-0.2, -0.15) is 0 Å². The molecule has 96 valence electrons. The van der Waals surface area contributed by atoms with E-state index in [2.05, 4.69) is 11.9 Å². The number of rotatable bonds is 6. The van der Waals surface area contributed by atoms with Crippen LogP contribution in [0.5, 0.6) is 5.75 Å². The summed E-state index contributed by atoms with van der Waals surface area (Å²) in [5.41, 5.74) is 0.156. The molecule has 1 rings (SSSR count). The van der Waals surface area contributed by atoms with E-state index in [4.69, 9.17) is 4.74 Å². The molecule has 0 aliphatic heterocycles. The number of ether oxygens (including phenoxy) is 1. The molecule has 1 amide bonds. The molecule has 5 heteroatoms. The van der Waals surface area contributed by atoms with Gasteiger partial charge in [-0.1, -0.05) is 6.08 Å². The molecule has 1 N–H and O–H groups in total. The van der Waals surface area contributed by atoms with Crippen molar-refractivity contribution in [3.05, 3.63) is 42.2 Å². The first kappa shape index (κ1) is 13.9.